The van der Waals surface area contributed by atoms with E-state index in [-0.39, 0.29) is 11.7 Å². The third-order valence-corrected chi connectivity index (χ3v) is 5.19. The summed E-state index contributed by atoms with van der Waals surface area (Å²) in [6.45, 7) is 2.96. The lowest BCUT2D eigenvalue weighted by Crippen LogP contribution is -2.08. The van der Waals surface area contributed by atoms with Crippen molar-refractivity contribution in [2.45, 2.75) is 71.1 Å². The van der Waals surface area contributed by atoms with Crippen LogP contribution in [0.1, 0.15) is 76.7 Å². The van der Waals surface area contributed by atoms with Gasteiger partial charge in [0, 0.05) is 17.8 Å². The standard InChI is InChI=1S/C27H37NO3/c1-2-3-4-5-6-7-8-9-10-11-21-31-26-14-12-13-24(22-26)28-27(30)20-17-23-15-18-25(29)19-16-23/h12-20,22,29H,2-11,21H2,1H3,(H,28,30)/b20-17+. The summed E-state index contributed by atoms with van der Waals surface area (Å²) in [6.07, 6.45) is 16.2. The van der Waals surface area contributed by atoms with Crippen molar-refractivity contribution in [3.63, 3.8) is 0 Å². The minimum absolute atomic E-state index is 0.205. The Kier molecular flexibility index (Phi) is 12.0. The lowest BCUT2D eigenvalue weighted by molar-refractivity contribution is -0.111. The molecule has 0 aliphatic rings. The first kappa shape index (κ1) is 24.5. The molecule has 0 heterocycles. The first-order chi connectivity index (χ1) is 15.2. The molecule has 4 nitrogen and oxygen atoms in total. The topological polar surface area (TPSA) is 58.6 Å². The number of hydrogen-bond acceptors (Lipinski definition) is 3. The summed E-state index contributed by atoms with van der Waals surface area (Å²) < 4.78 is 5.85. The van der Waals surface area contributed by atoms with Crippen LogP contribution in [0.5, 0.6) is 11.5 Å². The van der Waals surface area contributed by atoms with Crippen molar-refractivity contribution in [3.8, 4) is 11.5 Å². The molecule has 1 amide bonds. The zero-order valence-electron chi connectivity index (χ0n) is 18.8. The van der Waals surface area contributed by atoms with Crippen LogP contribution in [0.25, 0.3) is 6.08 Å². The molecule has 0 spiro atoms. The van der Waals surface area contributed by atoms with E-state index in [1.165, 1.54) is 63.9 Å². The van der Waals surface area contributed by atoms with Gasteiger partial charge in [-0.15, -0.1) is 0 Å². The van der Waals surface area contributed by atoms with E-state index in [1.54, 1.807) is 30.3 Å². The quantitative estimate of drug-likeness (QED) is 0.233. The number of aromatic hydroxyl groups is 1. The summed E-state index contributed by atoms with van der Waals surface area (Å²) >= 11 is 0. The van der Waals surface area contributed by atoms with Crippen LogP contribution in [0.4, 0.5) is 5.69 Å². The summed E-state index contributed by atoms with van der Waals surface area (Å²) in [6, 6.07) is 14.2. The average molecular weight is 424 g/mol. The van der Waals surface area contributed by atoms with Crippen molar-refractivity contribution in [1.82, 2.24) is 0 Å². The molecule has 0 saturated carbocycles. The second-order valence-corrected chi connectivity index (χ2v) is 7.97. The number of nitrogens with one attached hydrogen (secondary N) is 1. The minimum atomic E-state index is -0.208. The van der Waals surface area contributed by atoms with E-state index in [1.807, 2.05) is 24.3 Å². The van der Waals surface area contributed by atoms with Crippen LogP contribution in [0.3, 0.4) is 0 Å². The Bertz CT molecular complexity index is 783. The van der Waals surface area contributed by atoms with Gasteiger partial charge in [0.2, 0.25) is 5.91 Å². The molecule has 2 aromatic rings. The van der Waals surface area contributed by atoms with Crippen molar-refractivity contribution >= 4 is 17.7 Å². The molecule has 2 N–H and O–H groups in total. The highest BCUT2D eigenvalue weighted by Gasteiger charge is 2.01. The van der Waals surface area contributed by atoms with Crippen LogP contribution >= 0.6 is 0 Å². The fourth-order valence-electron chi connectivity index (χ4n) is 3.38. The van der Waals surface area contributed by atoms with Gasteiger partial charge in [0.05, 0.1) is 6.61 Å². The first-order valence-corrected chi connectivity index (χ1v) is 11.7. The summed E-state index contributed by atoms with van der Waals surface area (Å²) in [5, 5.41) is 12.2. The first-order valence-electron chi connectivity index (χ1n) is 11.7. The van der Waals surface area contributed by atoms with E-state index in [4.69, 9.17) is 4.74 Å². The van der Waals surface area contributed by atoms with E-state index in [2.05, 4.69) is 12.2 Å². The number of benzene rings is 2. The number of phenols is 1. The molecule has 0 atom stereocenters. The Hall–Kier alpha value is -2.75. The highest BCUT2D eigenvalue weighted by molar-refractivity contribution is 6.02. The molecule has 0 unspecified atom stereocenters. The molecule has 0 aliphatic heterocycles. The Morgan fingerprint density at radius 3 is 2.23 bits per heavy atom. The summed E-state index contributed by atoms with van der Waals surface area (Å²) in [5.41, 5.74) is 1.56. The van der Waals surface area contributed by atoms with Crippen LogP contribution in [0, 0.1) is 0 Å². The number of amides is 1. The molecule has 168 valence electrons. The average Bonchev–Trinajstić information content (AvgIpc) is 2.77. The molecule has 0 aliphatic carbocycles. The van der Waals surface area contributed by atoms with Gasteiger partial charge in [-0.2, -0.15) is 0 Å². The number of carbonyl (C=O) groups is 1. The molecular formula is C27H37NO3. The van der Waals surface area contributed by atoms with Crippen molar-refractivity contribution in [2.24, 2.45) is 0 Å². The van der Waals surface area contributed by atoms with E-state index < -0.39 is 0 Å². The van der Waals surface area contributed by atoms with Gasteiger partial charge in [-0.05, 0) is 42.3 Å². The van der Waals surface area contributed by atoms with Gasteiger partial charge in [-0.25, -0.2) is 0 Å². The third kappa shape index (κ3) is 11.3. The monoisotopic (exact) mass is 423 g/mol. The predicted molar refractivity (Wildman–Crippen MR) is 130 cm³/mol. The fraction of sp³-hybridized carbons (Fsp3) is 0.444. The van der Waals surface area contributed by atoms with Gasteiger partial charge in [-0.1, -0.05) is 82.9 Å². The lowest BCUT2D eigenvalue weighted by Gasteiger charge is -2.08. The Morgan fingerprint density at radius 2 is 1.55 bits per heavy atom. The molecule has 0 bridgehead atoms. The van der Waals surface area contributed by atoms with Gasteiger partial charge >= 0.3 is 0 Å². The summed E-state index contributed by atoms with van der Waals surface area (Å²) in [7, 11) is 0. The molecule has 0 saturated heterocycles. The van der Waals surface area contributed by atoms with Crippen LogP contribution in [-0.2, 0) is 4.79 Å². The number of phenolic OH excluding ortho intramolecular Hbond substituents is 1. The maximum absolute atomic E-state index is 12.1. The van der Waals surface area contributed by atoms with Gasteiger partial charge < -0.3 is 15.2 Å². The second kappa shape index (κ2) is 15.1. The summed E-state index contributed by atoms with van der Waals surface area (Å²) in [5.74, 6) is 0.771. The molecule has 2 aromatic carbocycles. The molecule has 2 rings (SSSR count). The molecule has 0 radical (unpaired) electrons. The Balaban J connectivity index is 1.61. The van der Waals surface area contributed by atoms with Crippen molar-refractivity contribution in [2.75, 3.05) is 11.9 Å². The Labute approximate surface area is 187 Å². The number of hydrogen-bond donors (Lipinski definition) is 2. The van der Waals surface area contributed by atoms with Crippen LogP contribution in [-0.4, -0.2) is 17.6 Å². The Morgan fingerprint density at radius 1 is 0.903 bits per heavy atom. The predicted octanol–water partition coefficient (Wildman–Crippen LogP) is 7.34. The van der Waals surface area contributed by atoms with Crippen molar-refractivity contribution < 1.29 is 14.6 Å². The molecular weight excluding hydrogens is 386 g/mol. The molecule has 4 heteroatoms. The SMILES string of the molecule is CCCCCCCCCCCCOc1cccc(NC(=O)/C=C/c2ccc(O)cc2)c1. The number of ether oxygens (including phenoxy) is 1. The van der Waals surface area contributed by atoms with Crippen molar-refractivity contribution in [1.29, 1.82) is 0 Å². The number of carbonyl (C=O) groups excluding carboxylic acids is 1. The second-order valence-electron chi connectivity index (χ2n) is 7.97. The zero-order valence-corrected chi connectivity index (χ0v) is 18.8. The maximum atomic E-state index is 12.1. The largest absolute Gasteiger partial charge is 0.508 e. The molecule has 31 heavy (non-hydrogen) atoms. The van der Waals surface area contributed by atoms with Gasteiger partial charge in [0.15, 0.2) is 0 Å². The van der Waals surface area contributed by atoms with E-state index in [0.29, 0.717) is 12.3 Å². The van der Waals surface area contributed by atoms with Crippen molar-refractivity contribution in [3.05, 3.63) is 60.2 Å². The van der Waals surface area contributed by atoms with Crippen LogP contribution in [0.15, 0.2) is 54.6 Å². The smallest absolute Gasteiger partial charge is 0.248 e. The minimum Gasteiger partial charge on any atom is -0.508 e. The van der Waals surface area contributed by atoms with E-state index in [0.717, 1.165) is 17.7 Å². The zero-order chi connectivity index (χ0) is 22.2. The normalized spacial score (nSPS) is 11.0. The lowest BCUT2D eigenvalue weighted by atomic mass is 10.1. The maximum Gasteiger partial charge on any atom is 0.248 e. The molecule has 0 aromatic heterocycles. The van der Waals surface area contributed by atoms with Gasteiger partial charge in [0.25, 0.3) is 0 Å². The highest BCUT2D eigenvalue weighted by Crippen LogP contribution is 2.18. The van der Waals surface area contributed by atoms with Crippen LogP contribution in [0.2, 0.25) is 0 Å². The highest BCUT2D eigenvalue weighted by atomic mass is 16.5. The van der Waals surface area contributed by atoms with Crippen LogP contribution < -0.4 is 10.1 Å². The van der Waals surface area contributed by atoms with E-state index >= 15 is 0 Å². The van der Waals surface area contributed by atoms with E-state index in [9.17, 15) is 9.90 Å². The third-order valence-electron chi connectivity index (χ3n) is 5.19. The fourth-order valence-corrected chi connectivity index (χ4v) is 3.38. The van der Waals surface area contributed by atoms with Gasteiger partial charge in [-0.3, -0.25) is 4.79 Å². The number of rotatable bonds is 15. The molecule has 0 fully saturated rings. The number of unbranched alkanes of at least 4 members (excludes halogenated alkanes) is 9. The van der Waals surface area contributed by atoms with Gasteiger partial charge in [0.1, 0.15) is 11.5 Å². The number of anilines is 1. The summed E-state index contributed by atoms with van der Waals surface area (Å²) in [4.78, 5) is 12.1.